The van der Waals surface area contributed by atoms with Gasteiger partial charge in [-0.2, -0.15) is 8.42 Å². The van der Waals surface area contributed by atoms with Crippen LogP contribution in [-0.2, 0) is 14.3 Å². The van der Waals surface area contributed by atoms with E-state index in [9.17, 15) is 13.2 Å². The van der Waals surface area contributed by atoms with Gasteiger partial charge >= 0.3 is 0 Å². The molecule has 1 N–H and O–H groups in total. The molecule has 0 radical (unpaired) electrons. The highest BCUT2D eigenvalue weighted by Crippen LogP contribution is 2.15. The Morgan fingerprint density at radius 1 is 0.868 bits per heavy atom. The summed E-state index contributed by atoms with van der Waals surface area (Å²) in [6.45, 7) is 8.56. The lowest BCUT2D eigenvalue weighted by atomic mass is 10.0. The van der Waals surface area contributed by atoms with Crippen molar-refractivity contribution >= 4 is 21.8 Å². The molecule has 0 spiro atoms. The summed E-state index contributed by atoms with van der Waals surface area (Å²) in [5.74, 6) is 0.936. The van der Waals surface area contributed by atoms with Gasteiger partial charge in [-0.15, -0.1) is 0 Å². The van der Waals surface area contributed by atoms with Gasteiger partial charge in [0.15, 0.2) is 0 Å². The van der Waals surface area contributed by atoms with Crippen LogP contribution in [0.25, 0.3) is 0 Å². The lowest BCUT2D eigenvalue weighted by Crippen LogP contribution is -2.46. The van der Waals surface area contributed by atoms with Gasteiger partial charge in [0.05, 0.1) is 18.4 Å². The van der Waals surface area contributed by atoms with E-state index in [4.69, 9.17) is 4.18 Å². The highest BCUT2D eigenvalue weighted by atomic mass is 32.2. The summed E-state index contributed by atoms with van der Waals surface area (Å²) in [7, 11) is -3.29. The number of amides is 1. The maximum Gasteiger partial charge on any atom is 0.264 e. The molecule has 1 aliphatic heterocycles. The fraction of sp³-hybridized carbons (Fsp3) is 0.793. The summed E-state index contributed by atoms with van der Waals surface area (Å²) in [5, 5.41) is 3.04. The topological polar surface area (TPSA) is 91.8 Å². The average Bonchev–Trinajstić information content (AvgIpc) is 2.90. The van der Waals surface area contributed by atoms with E-state index in [-0.39, 0.29) is 5.91 Å². The molecule has 8 nitrogen and oxygen atoms in total. The molecule has 0 bridgehead atoms. The van der Waals surface area contributed by atoms with Gasteiger partial charge in [0.25, 0.3) is 16.0 Å². The third-order valence-electron chi connectivity index (χ3n) is 7.15. The van der Waals surface area contributed by atoms with E-state index >= 15 is 0 Å². The van der Waals surface area contributed by atoms with Crippen LogP contribution in [0.3, 0.4) is 0 Å². The third kappa shape index (κ3) is 15.0. The van der Waals surface area contributed by atoms with Crippen LogP contribution in [0.2, 0.25) is 0 Å². The second-order valence-electron chi connectivity index (χ2n) is 10.6. The van der Waals surface area contributed by atoms with Gasteiger partial charge in [0, 0.05) is 38.9 Å². The van der Waals surface area contributed by atoms with Crippen LogP contribution >= 0.6 is 0 Å². The highest BCUT2D eigenvalue weighted by Gasteiger charge is 2.17. The van der Waals surface area contributed by atoms with Crippen LogP contribution in [0, 0.1) is 0 Å². The van der Waals surface area contributed by atoms with Crippen molar-refractivity contribution in [3.05, 3.63) is 23.9 Å². The van der Waals surface area contributed by atoms with Crippen molar-refractivity contribution in [2.24, 2.45) is 0 Å². The van der Waals surface area contributed by atoms with Crippen molar-refractivity contribution in [3.63, 3.8) is 0 Å². The van der Waals surface area contributed by atoms with Crippen molar-refractivity contribution in [2.75, 3.05) is 57.0 Å². The summed E-state index contributed by atoms with van der Waals surface area (Å²) in [6, 6.07) is 3.87. The number of piperazine rings is 1. The van der Waals surface area contributed by atoms with Gasteiger partial charge in [-0.25, -0.2) is 4.98 Å². The zero-order valence-electron chi connectivity index (χ0n) is 24.0. The standard InChI is InChI=1S/C29H52N4O4S/c1-3-20-32-21-23-33(24-22-32)28-18-17-27(26-31-28)29(34)30-19-15-13-11-9-7-5-4-6-8-10-12-14-16-25-37-38(2,35)36/h17-18,26H,3-16,19-25H2,1-2H3,(H,30,34). The molecule has 218 valence electrons. The van der Waals surface area contributed by atoms with E-state index in [0.717, 1.165) is 76.9 Å². The number of nitrogens with zero attached hydrogens (tertiary/aromatic N) is 3. The van der Waals surface area contributed by atoms with Crippen LogP contribution in [0.4, 0.5) is 5.82 Å². The Balaban J connectivity index is 1.38. The lowest BCUT2D eigenvalue weighted by molar-refractivity contribution is 0.0952. The molecule has 0 unspecified atom stereocenters. The largest absolute Gasteiger partial charge is 0.354 e. The minimum atomic E-state index is -3.29. The van der Waals surface area contributed by atoms with Crippen molar-refractivity contribution in [3.8, 4) is 0 Å². The number of nitrogens with one attached hydrogen (secondary N) is 1. The number of hydrogen-bond acceptors (Lipinski definition) is 7. The van der Waals surface area contributed by atoms with E-state index in [1.165, 1.54) is 64.3 Å². The Morgan fingerprint density at radius 2 is 1.42 bits per heavy atom. The van der Waals surface area contributed by atoms with Crippen LogP contribution in [0.15, 0.2) is 18.3 Å². The number of carbonyl (C=O) groups is 1. The minimum Gasteiger partial charge on any atom is -0.354 e. The van der Waals surface area contributed by atoms with Crippen molar-refractivity contribution in [2.45, 2.75) is 96.8 Å². The molecule has 1 amide bonds. The molecule has 1 fully saturated rings. The summed E-state index contributed by atoms with van der Waals surface area (Å²) < 4.78 is 26.5. The highest BCUT2D eigenvalue weighted by molar-refractivity contribution is 7.85. The Bertz CT molecular complexity index is 856. The van der Waals surface area contributed by atoms with E-state index < -0.39 is 10.1 Å². The van der Waals surface area contributed by atoms with E-state index in [1.54, 1.807) is 6.20 Å². The molecule has 9 heteroatoms. The Labute approximate surface area is 232 Å². The van der Waals surface area contributed by atoms with Gasteiger partial charge in [0.1, 0.15) is 5.82 Å². The lowest BCUT2D eigenvalue weighted by Gasteiger charge is -2.35. The van der Waals surface area contributed by atoms with Crippen LogP contribution in [0.1, 0.15) is 107 Å². The molecular formula is C29H52N4O4S. The normalized spacial score (nSPS) is 14.6. The van der Waals surface area contributed by atoms with Gasteiger partial charge < -0.3 is 10.2 Å². The number of rotatable bonds is 21. The zero-order chi connectivity index (χ0) is 27.5. The first-order valence-corrected chi connectivity index (χ1v) is 16.8. The Morgan fingerprint density at radius 3 is 1.92 bits per heavy atom. The summed E-state index contributed by atoms with van der Waals surface area (Å²) in [4.78, 5) is 21.8. The molecule has 2 heterocycles. The number of anilines is 1. The van der Waals surface area contributed by atoms with Crippen LogP contribution in [0.5, 0.6) is 0 Å². The second kappa shape index (κ2) is 19.4. The van der Waals surface area contributed by atoms with Gasteiger partial charge in [0.2, 0.25) is 0 Å². The summed E-state index contributed by atoms with van der Waals surface area (Å²) in [6.07, 6.45) is 19.4. The maximum absolute atomic E-state index is 12.4. The van der Waals surface area contributed by atoms with Crippen molar-refractivity contribution < 1.29 is 17.4 Å². The van der Waals surface area contributed by atoms with E-state index in [2.05, 4.69) is 27.0 Å². The predicted molar refractivity (Wildman–Crippen MR) is 156 cm³/mol. The Hall–Kier alpha value is -1.71. The quantitative estimate of drug-likeness (QED) is 0.161. The number of pyridine rings is 1. The molecule has 1 saturated heterocycles. The number of unbranched alkanes of at least 4 members (excludes halogenated alkanes) is 12. The molecule has 0 atom stereocenters. The molecule has 0 aromatic carbocycles. The molecule has 0 saturated carbocycles. The first-order valence-electron chi connectivity index (χ1n) is 14.9. The summed E-state index contributed by atoms with van der Waals surface area (Å²) in [5.41, 5.74) is 0.638. The van der Waals surface area contributed by atoms with Crippen molar-refractivity contribution in [1.29, 1.82) is 0 Å². The van der Waals surface area contributed by atoms with Crippen molar-refractivity contribution in [1.82, 2.24) is 15.2 Å². The minimum absolute atomic E-state index is 0.0287. The molecular weight excluding hydrogens is 500 g/mol. The molecule has 1 aromatic rings. The average molecular weight is 553 g/mol. The van der Waals surface area contributed by atoms with E-state index in [1.807, 2.05) is 12.1 Å². The zero-order valence-corrected chi connectivity index (χ0v) is 24.8. The fourth-order valence-corrected chi connectivity index (χ4v) is 5.33. The molecule has 38 heavy (non-hydrogen) atoms. The summed E-state index contributed by atoms with van der Waals surface area (Å²) >= 11 is 0. The van der Waals surface area contributed by atoms with Crippen LogP contribution in [-0.4, -0.2) is 76.3 Å². The van der Waals surface area contributed by atoms with Crippen LogP contribution < -0.4 is 10.2 Å². The maximum atomic E-state index is 12.4. The number of hydrogen-bond donors (Lipinski definition) is 1. The monoisotopic (exact) mass is 552 g/mol. The first kappa shape index (κ1) is 32.5. The van der Waals surface area contributed by atoms with Gasteiger partial charge in [-0.05, 0) is 37.9 Å². The van der Waals surface area contributed by atoms with Gasteiger partial charge in [-0.3, -0.25) is 13.9 Å². The number of carbonyl (C=O) groups excluding carboxylic acids is 1. The number of aromatic nitrogens is 1. The first-order chi connectivity index (χ1) is 18.4. The Kier molecular flexibility index (Phi) is 16.6. The SMILES string of the molecule is CCCN1CCN(c2ccc(C(=O)NCCCCCCCCCCCCCCCOS(C)(=O)=O)cn2)CC1. The van der Waals surface area contributed by atoms with Gasteiger partial charge in [-0.1, -0.05) is 77.6 Å². The molecule has 1 aliphatic rings. The molecule has 1 aromatic heterocycles. The molecule has 2 rings (SSSR count). The predicted octanol–water partition coefficient (Wildman–Crippen LogP) is 5.39. The third-order valence-corrected chi connectivity index (χ3v) is 7.75. The molecule has 0 aliphatic carbocycles. The fourth-order valence-electron chi connectivity index (χ4n) is 4.91. The smallest absolute Gasteiger partial charge is 0.264 e. The van der Waals surface area contributed by atoms with E-state index in [0.29, 0.717) is 12.2 Å². The second-order valence-corrected chi connectivity index (χ2v) is 12.3.